The van der Waals surface area contributed by atoms with Gasteiger partial charge in [0.15, 0.2) is 0 Å². The number of hydrogen-bond donors (Lipinski definition) is 0. The summed E-state index contributed by atoms with van der Waals surface area (Å²) in [7, 11) is 3.78. The molecule has 1 fully saturated rings. The number of hydrogen-bond acceptors (Lipinski definition) is 4. The first-order chi connectivity index (χ1) is 12.1. The summed E-state index contributed by atoms with van der Waals surface area (Å²) >= 11 is 0. The maximum atomic E-state index is 12.6. The number of aromatic nitrogens is 2. The van der Waals surface area contributed by atoms with Crippen LogP contribution in [0.15, 0.2) is 36.5 Å². The van der Waals surface area contributed by atoms with Gasteiger partial charge < -0.3 is 9.64 Å². The highest BCUT2D eigenvalue weighted by Gasteiger charge is 2.28. The topological polar surface area (TPSA) is 50.6 Å². The molecule has 0 spiro atoms. The Hall–Kier alpha value is -2.34. The van der Waals surface area contributed by atoms with Crippen molar-refractivity contribution in [1.82, 2.24) is 19.6 Å². The maximum Gasteiger partial charge on any atom is 0.224 e. The van der Waals surface area contributed by atoms with Crippen molar-refractivity contribution in [1.29, 1.82) is 0 Å². The Labute approximate surface area is 149 Å². The minimum atomic E-state index is 0.196. The molecule has 6 nitrogen and oxygen atoms in total. The number of rotatable bonds is 5. The predicted octanol–water partition coefficient (Wildman–Crippen LogP) is 2.11. The molecule has 0 N–H and O–H groups in total. The quantitative estimate of drug-likeness (QED) is 0.835. The molecule has 1 aromatic carbocycles. The molecule has 2 aromatic rings. The summed E-state index contributed by atoms with van der Waals surface area (Å²) in [6, 6.07) is 10.3. The molecule has 3 rings (SSSR count). The van der Waals surface area contributed by atoms with Crippen LogP contribution in [0.5, 0.6) is 5.75 Å². The van der Waals surface area contributed by atoms with E-state index in [1.807, 2.05) is 34.7 Å². The highest BCUT2D eigenvalue weighted by molar-refractivity contribution is 5.76. The molecule has 6 heteroatoms. The van der Waals surface area contributed by atoms with Crippen molar-refractivity contribution in [2.75, 3.05) is 33.8 Å². The third-order valence-electron chi connectivity index (χ3n) is 4.97. The van der Waals surface area contributed by atoms with Crippen molar-refractivity contribution < 1.29 is 9.53 Å². The van der Waals surface area contributed by atoms with Crippen LogP contribution in [0.3, 0.4) is 0 Å². The molecule has 0 bridgehead atoms. The lowest BCUT2D eigenvalue weighted by molar-refractivity contribution is -0.134. The van der Waals surface area contributed by atoms with E-state index in [-0.39, 0.29) is 11.9 Å². The number of nitrogens with zero attached hydrogens (tertiary/aromatic N) is 4. The van der Waals surface area contributed by atoms with E-state index < -0.39 is 0 Å². The van der Waals surface area contributed by atoms with Crippen LogP contribution in [0.1, 0.15) is 23.7 Å². The highest BCUT2D eigenvalue weighted by atomic mass is 16.5. The average molecular weight is 342 g/mol. The van der Waals surface area contributed by atoms with Gasteiger partial charge in [0.1, 0.15) is 5.75 Å². The third-order valence-corrected chi connectivity index (χ3v) is 4.97. The van der Waals surface area contributed by atoms with E-state index in [4.69, 9.17) is 4.74 Å². The lowest BCUT2D eigenvalue weighted by Gasteiger charge is -2.39. The predicted molar refractivity (Wildman–Crippen MR) is 96.5 cm³/mol. The van der Waals surface area contributed by atoms with Gasteiger partial charge in [-0.15, -0.1) is 0 Å². The monoisotopic (exact) mass is 342 g/mol. The lowest BCUT2D eigenvalue weighted by Crippen LogP contribution is -2.49. The second kappa shape index (κ2) is 7.70. The largest absolute Gasteiger partial charge is 0.497 e. The molecule has 0 unspecified atom stereocenters. The number of carbonyl (C=O) groups excluding carboxylic acids is 1. The van der Waals surface area contributed by atoms with Crippen LogP contribution in [0.25, 0.3) is 0 Å². The molecule has 25 heavy (non-hydrogen) atoms. The van der Waals surface area contributed by atoms with E-state index in [0.29, 0.717) is 13.0 Å². The molecule has 134 valence electrons. The molecular weight excluding hydrogens is 316 g/mol. The molecule has 1 aliphatic heterocycles. The van der Waals surface area contributed by atoms with Gasteiger partial charge in [0, 0.05) is 44.5 Å². The van der Waals surface area contributed by atoms with Crippen LogP contribution in [0, 0.1) is 6.92 Å². The van der Waals surface area contributed by atoms with Gasteiger partial charge in [-0.1, -0.05) is 12.1 Å². The molecule has 1 amide bonds. The smallest absolute Gasteiger partial charge is 0.224 e. The first-order valence-electron chi connectivity index (χ1n) is 8.69. The van der Waals surface area contributed by atoms with Crippen LogP contribution in [-0.4, -0.2) is 59.3 Å². The molecule has 0 radical (unpaired) electrons. The Morgan fingerprint density at radius 1 is 1.24 bits per heavy atom. The summed E-state index contributed by atoms with van der Waals surface area (Å²) in [4.78, 5) is 16.9. The minimum Gasteiger partial charge on any atom is -0.497 e. The van der Waals surface area contributed by atoms with Crippen molar-refractivity contribution in [3.05, 3.63) is 47.8 Å². The molecule has 0 saturated carbocycles. The van der Waals surface area contributed by atoms with Crippen molar-refractivity contribution in [2.24, 2.45) is 0 Å². The summed E-state index contributed by atoms with van der Waals surface area (Å²) in [5.41, 5.74) is 2.30. The summed E-state index contributed by atoms with van der Waals surface area (Å²) in [6.07, 6.45) is 2.26. The van der Waals surface area contributed by atoms with Crippen LogP contribution < -0.4 is 4.74 Å². The number of amides is 1. The number of likely N-dealkylation sites (N-methyl/N-ethyl adjacent to an activating group) is 1. The Morgan fingerprint density at radius 2 is 2.00 bits per heavy atom. The number of aryl methyl sites for hydroxylation is 2. The van der Waals surface area contributed by atoms with E-state index in [1.165, 1.54) is 5.56 Å². The summed E-state index contributed by atoms with van der Waals surface area (Å²) in [5, 5.41) is 4.25. The maximum absolute atomic E-state index is 12.6. The first-order valence-corrected chi connectivity index (χ1v) is 8.69. The van der Waals surface area contributed by atoms with Crippen LogP contribution >= 0.6 is 0 Å². The van der Waals surface area contributed by atoms with Gasteiger partial charge in [-0.05, 0) is 37.7 Å². The standard InChI is InChI=1S/C19H26N4O2/c1-15-8-10-20-23(15)11-9-19(24)22-13-12-21(2)18(14-22)16-4-6-17(25-3)7-5-16/h4-8,10,18H,9,11-14H2,1-3H3/t18-/m1/s1. The van der Waals surface area contributed by atoms with Crippen LogP contribution in [-0.2, 0) is 11.3 Å². The van der Waals surface area contributed by atoms with Gasteiger partial charge in [-0.25, -0.2) is 0 Å². The summed E-state index contributed by atoms with van der Waals surface area (Å²) in [6.45, 7) is 5.02. The van der Waals surface area contributed by atoms with Gasteiger partial charge in [0.2, 0.25) is 5.91 Å². The molecule has 1 saturated heterocycles. The number of benzene rings is 1. The van der Waals surface area contributed by atoms with Gasteiger partial charge in [0.05, 0.1) is 13.2 Å². The van der Waals surface area contributed by atoms with Crippen molar-refractivity contribution in [3.8, 4) is 5.75 Å². The van der Waals surface area contributed by atoms with Crippen molar-refractivity contribution in [2.45, 2.75) is 25.9 Å². The summed E-state index contributed by atoms with van der Waals surface area (Å²) in [5.74, 6) is 1.05. The fourth-order valence-corrected chi connectivity index (χ4v) is 3.28. The van der Waals surface area contributed by atoms with Crippen LogP contribution in [0.2, 0.25) is 0 Å². The molecular formula is C19H26N4O2. The fraction of sp³-hybridized carbons (Fsp3) is 0.474. The number of methoxy groups -OCH3 is 1. The number of ether oxygens (including phenoxy) is 1. The van der Waals surface area contributed by atoms with Gasteiger partial charge in [-0.3, -0.25) is 14.4 Å². The SMILES string of the molecule is COc1ccc([C@H]2CN(C(=O)CCn3nccc3C)CCN2C)cc1. The molecule has 1 aliphatic rings. The Morgan fingerprint density at radius 3 is 2.64 bits per heavy atom. The first kappa shape index (κ1) is 17.5. The van der Waals surface area contributed by atoms with Gasteiger partial charge in [0.25, 0.3) is 0 Å². The minimum absolute atomic E-state index is 0.196. The normalized spacial score (nSPS) is 18.4. The van der Waals surface area contributed by atoms with Gasteiger partial charge in [-0.2, -0.15) is 5.10 Å². The van der Waals surface area contributed by atoms with Crippen LogP contribution in [0.4, 0.5) is 0 Å². The molecule has 1 aromatic heterocycles. The van der Waals surface area contributed by atoms with E-state index >= 15 is 0 Å². The second-order valence-corrected chi connectivity index (χ2v) is 6.56. The molecule has 2 heterocycles. The number of carbonyl (C=O) groups is 1. The number of piperazine rings is 1. The third kappa shape index (κ3) is 4.02. The Bertz CT molecular complexity index is 710. The Kier molecular flexibility index (Phi) is 5.38. The Balaban J connectivity index is 1.62. The van der Waals surface area contributed by atoms with E-state index in [0.717, 1.165) is 31.1 Å². The van der Waals surface area contributed by atoms with Crippen molar-refractivity contribution >= 4 is 5.91 Å². The second-order valence-electron chi connectivity index (χ2n) is 6.56. The fourth-order valence-electron chi connectivity index (χ4n) is 3.28. The van der Waals surface area contributed by atoms with Crippen molar-refractivity contribution in [3.63, 3.8) is 0 Å². The van der Waals surface area contributed by atoms with E-state index in [1.54, 1.807) is 13.3 Å². The van der Waals surface area contributed by atoms with E-state index in [2.05, 4.69) is 29.2 Å². The van der Waals surface area contributed by atoms with E-state index in [9.17, 15) is 4.79 Å². The molecule has 1 atom stereocenters. The zero-order chi connectivity index (χ0) is 17.8. The average Bonchev–Trinajstić information content (AvgIpc) is 3.05. The summed E-state index contributed by atoms with van der Waals surface area (Å²) < 4.78 is 7.12. The lowest BCUT2D eigenvalue weighted by atomic mass is 10.0. The van der Waals surface area contributed by atoms with Gasteiger partial charge >= 0.3 is 0 Å². The zero-order valence-corrected chi connectivity index (χ0v) is 15.2. The molecule has 0 aliphatic carbocycles. The zero-order valence-electron chi connectivity index (χ0n) is 15.2. The highest BCUT2D eigenvalue weighted by Crippen LogP contribution is 2.26.